The maximum Gasteiger partial charge on any atom is 0.235 e. The molecule has 0 fully saturated rings. The number of alkyl halides is 1. The zero-order valence-electron chi connectivity index (χ0n) is 6.80. The first kappa shape index (κ1) is 10.7. The van der Waals surface area contributed by atoms with Crippen LogP contribution in [0.25, 0.3) is 0 Å². The van der Waals surface area contributed by atoms with Crippen LogP contribution in [0.3, 0.4) is 0 Å². The quantitative estimate of drug-likeness (QED) is 0.618. The first-order chi connectivity index (χ1) is 5.06. The van der Waals surface area contributed by atoms with Crippen LogP contribution in [0, 0.1) is 0 Å². The van der Waals surface area contributed by atoms with Crippen LogP contribution in [0.15, 0.2) is 0 Å². The topological polar surface area (TPSA) is 49.3 Å². The van der Waals surface area contributed by atoms with Crippen LogP contribution in [0.5, 0.6) is 0 Å². The minimum Gasteiger partial charge on any atom is -0.393 e. The normalized spacial score (nSPS) is 15.6. The van der Waals surface area contributed by atoms with E-state index in [2.05, 4.69) is 5.32 Å². The van der Waals surface area contributed by atoms with Gasteiger partial charge in [-0.1, -0.05) is 0 Å². The van der Waals surface area contributed by atoms with Crippen molar-refractivity contribution in [2.24, 2.45) is 0 Å². The summed E-state index contributed by atoms with van der Waals surface area (Å²) in [6.07, 6.45) is 0.170. The van der Waals surface area contributed by atoms with Gasteiger partial charge in [0.05, 0.1) is 6.10 Å². The van der Waals surface area contributed by atoms with E-state index in [0.717, 1.165) is 0 Å². The number of carbonyl (C=O) groups is 1. The highest BCUT2D eigenvalue weighted by Crippen LogP contribution is 1.96. The Labute approximate surface area is 71.7 Å². The first-order valence-electron chi connectivity index (χ1n) is 3.59. The number of hydrogen-bond donors (Lipinski definition) is 2. The monoisotopic (exact) mass is 179 g/mol. The van der Waals surface area contributed by atoms with Gasteiger partial charge >= 0.3 is 0 Å². The molecule has 2 unspecified atom stereocenters. The van der Waals surface area contributed by atoms with E-state index < -0.39 is 0 Å². The molecule has 4 heteroatoms. The van der Waals surface area contributed by atoms with E-state index in [9.17, 15) is 4.79 Å². The van der Waals surface area contributed by atoms with Crippen molar-refractivity contribution in [3.8, 4) is 0 Å². The predicted octanol–water partition coefficient (Wildman–Crippen LogP) is 0.501. The molecule has 0 aromatic rings. The lowest BCUT2D eigenvalue weighted by atomic mass is 10.1. The van der Waals surface area contributed by atoms with Crippen LogP contribution in [-0.4, -0.2) is 29.0 Å². The molecular formula is C7H14ClNO2. The molecule has 3 nitrogen and oxygen atoms in total. The van der Waals surface area contributed by atoms with Gasteiger partial charge in [0.2, 0.25) is 5.91 Å². The molecule has 0 heterocycles. The molecule has 0 aromatic carbocycles. The molecule has 0 saturated carbocycles. The van der Waals surface area contributed by atoms with E-state index in [-0.39, 0.29) is 23.9 Å². The Kier molecular flexibility index (Phi) is 5.24. The van der Waals surface area contributed by atoms with Gasteiger partial charge in [-0.25, -0.2) is 0 Å². The summed E-state index contributed by atoms with van der Waals surface area (Å²) in [5.74, 6) is -0.218. The smallest absolute Gasteiger partial charge is 0.235 e. The number of hydrogen-bond acceptors (Lipinski definition) is 2. The van der Waals surface area contributed by atoms with Crippen LogP contribution in [-0.2, 0) is 4.79 Å². The predicted molar refractivity (Wildman–Crippen MR) is 44.6 cm³/mol. The van der Waals surface area contributed by atoms with Crippen molar-refractivity contribution < 1.29 is 9.90 Å². The van der Waals surface area contributed by atoms with Crippen LogP contribution in [0.2, 0.25) is 0 Å². The fraction of sp³-hybridized carbons (Fsp3) is 0.857. The van der Waals surface area contributed by atoms with Crippen molar-refractivity contribution in [2.45, 2.75) is 32.4 Å². The average molecular weight is 180 g/mol. The number of nitrogens with one attached hydrogen (secondary N) is 1. The lowest BCUT2D eigenvalue weighted by Crippen LogP contribution is -2.35. The van der Waals surface area contributed by atoms with E-state index in [1.807, 2.05) is 6.92 Å². The lowest BCUT2D eigenvalue weighted by molar-refractivity contribution is -0.119. The summed E-state index contributed by atoms with van der Waals surface area (Å²) in [5.41, 5.74) is 0. The maximum absolute atomic E-state index is 10.7. The summed E-state index contributed by atoms with van der Waals surface area (Å²) in [7, 11) is 0. The molecule has 2 N–H and O–H groups in total. The highest BCUT2D eigenvalue weighted by atomic mass is 35.5. The SMILES string of the molecule is CC(O)CC(C)NC(=O)CCl. The summed E-state index contributed by atoms with van der Waals surface area (Å²) < 4.78 is 0. The Hall–Kier alpha value is -0.280. The minimum absolute atomic E-state index is 0.0127. The van der Waals surface area contributed by atoms with Crippen molar-refractivity contribution >= 4 is 17.5 Å². The number of carbonyl (C=O) groups excluding carboxylic acids is 1. The molecule has 0 aromatic heterocycles. The number of halogens is 1. The number of aliphatic hydroxyl groups excluding tert-OH is 1. The van der Waals surface area contributed by atoms with Gasteiger partial charge in [0.25, 0.3) is 0 Å². The summed E-state index contributed by atoms with van der Waals surface area (Å²) in [6, 6.07) is -0.0127. The third kappa shape index (κ3) is 6.13. The molecule has 66 valence electrons. The fourth-order valence-corrected chi connectivity index (χ4v) is 0.961. The molecule has 0 saturated heterocycles. The van der Waals surface area contributed by atoms with Gasteiger partial charge in [-0.05, 0) is 20.3 Å². The Balaban J connectivity index is 3.51. The molecule has 0 aliphatic carbocycles. The second kappa shape index (κ2) is 5.38. The molecule has 0 aliphatic rings. The molecular weight excluding hydrogens is 166 g/mol. The van der Waals surface area contributed by atoms with Crippen molar-refractivity contribution in [2.75, 3.05) is 5.88 Å². The maximum atomic E-state index is 10.7. The average Bonchev–Trinajstić information content (AvgIpc) is 1.85. The van der Waals surface area contributed by atoms with Gasteiger partial charge in [0, 0.05) is 6.04 Å². The van der Waals surface area contributed by atoms with Crippen LogP contribution >= 0.6 is 11.6 Å². The fourth-order valence-electron chi connectivity index (χ4n) is 0.884. The largest absolute Gasteiger partial charge is 0.393 e. The standard InChI is InChI=1S/C7H14ClNO2/c1-5(3-6(2)10)9-7(11)4-8/h5-6,10H,3-4H2,1-2H3,(H,9,11). The van der Waals surface area contributed by atoms with Gasteiger partial charge in [-0.2, -0.15) is 0 Å². The van der Waals surface area contributed by atoms with Crippen LogP contribution in [0.1, 0.15) is 20.3 Å². The highest BCUT2D eigenvalue weighted by Gasteiger charge is 2.07. The molecule has 2 atom stereocenters. The van der Waals surface area contributed by atoms with Crippen molar-refractivity contribution in [3.05, 3.63) is 0 Å². The van der Waals surface area contributed by atoms with Gasteiger partial charge < -0.3 is 10.4 Å². The van der Waals surface area contributed by atoms with Crippen molar-refractivity contribution in [1.29, 1.82) is 0 Å². The number of rotatable bonds is 4. The summed E-state index contributed by atoms with van der Waals surface area (Å²) in [5, 5.41) is 11.6. The molecule has 0 rings (SSSR count). The van der Waals surface area contributed by atoms with E-state index in [0.29, 0.717) is 6.42 Å². The molecule has 11 heavy (non-hydrogen) atoms. The third-order valence-corrected chi connectivity index (χ3v) is 1.47. The Morgan fingerprint density at radius 3 is 2.55 bits per heavy atom. The highest BCUT2D eigenvalue weighted by molar-refractivity contribution is 6.27. The van der Waals surface area contributed by atoms with Crippen LogP contribution in [0.4, 0.5) is 0 Å². The van der Waals surface area contributed by atoms with E-state index >= 15 is 0 Å². The second-order valence-electron chi connectivity index (χ2n) is 2.69. The summed E-state index contributed by atoms with van der Waals surface area (Å²) in [6.45, 7) is 3.51. The number of aliphatic hydroxyl groups is 1. The second-order valence-corrected chi connectivity index (χ2v) is 2.95. The Morgan fingerprint density at radius 1 is 1.64 bits per heavy atom. The van der Waals surface area contributed by atoms with Crippen LogP contribution < -0.4 is 5.32 Å². The van der Waals surface area contributed by atoms with Gasteiger partial charge in [0.1, 0.15) is 5.88 Å². The molecule has 0 bridgehead atoms. The summed E-state index contributed by atoms with van der Waals surface area (Å²) >= 11 is 5.26. The Morgan fingerprint density at radius 2 is 2.18 bits per heavy atom. The first-order valence-corrected chi connectivity index (χ1v) is 4.13. The summed E-state index contributed by atoms with van der Waals surface area (Å²) in [4.78, 5) is 10.7. The zero-order valence-corrected chi connectivity index (χ0v) is 7.56. The lowest BCUT2D eigenvalue weighted by Gasteiger charge is -2.13. The Bertz CT molecular complexity index is 128. The zero-order chi connectivity index (χ0) is 8.85. The number of amides is 1. The van der Waals surface area contributed by atoms with Crippen molar-refractivity contribution in [1.82, 2.24) is 5.32 Å². The van der Waals surface area contributed by atoms with E-state index in [1.54, 1.807) is 6.92 Å². The van der Waals surface area contributed by atoms with E-state index in [1.165, 1.54) is 0 Å². The third-order valence-electron chi connectivity index (χ3n) is 1.22. The minimum atomic E-state index is -0.388. The van der Waals surface area contributed by atoms with Gasteiger partial charge in [-0.3, -0.25) is 4.79 Å². The molecule has 0 radical (unpaired) electrons. The molecule has 0 aliphatic heterocycles. The van der Waals surface area contributed by atoms with Crippen molar-refractivity contribution in [3.63, 3.8) is 0 Å². The molecule has 1 amide bonds. The van der Waals surface area contributed by atoms with Gasteiger partial charge in [0.15, 0.2) is 0 Å². The van der Waals surface area contributed by atoms with Gasteiger partial charge in [-0.15, -0.1) is 11.6 Å². The molecule has 0 spiro atoms. The van der Waals surface area contributed by atoms with E-state index in [4.69, 9.17) is 16.7 Å².